The number of nitrogens with one attached hydrogen (secondary N) is 3. The predicted molar refractivity (Wildman–Crippen MR) is 185 cm³/mol. The summed E-state index contributed by atoms with van der Waals surface area (Å²) >= 11 is 0. The predicted octanol–water partition coefficient (Wildman–Crippen LogP) is 3.18. The van der Waals surface area contributed by atoms with Crippen molar-refractivity contribution in [2.75, 3.05) is 43.0 Å². The Kier molecular flexibility index (Phi) is 7.27. The smallest absolute Gasteiger partial charge is 0.262 e. The van der Waals surface area contributed by atoms with Crippen LogP contribution in [0.2, 0.25) is 0 Å². The monoisotopic (exact) mass is 706 g/mol. The number of hydrogen-bond acceptors (Lipinski definition) is 8. The maximum Gasteiger partial charge on any atom is 0.262 e. The molecule has 3 N–H and O–H groups in total. The van der Waals surface area contributed by atoms with Crippen molar-refractivity contribution in [1.29, 1.82) is 0 Å². The van der Waals surface area contributed by atoms with Crippen LogP contribution >= 0.6 is 0 Å². The Morgan fingerprint density at radius 3 is 2.48 bits per heavy atom. The van der Waals surface area contributed by atoms with Gasteiger partial charge in [-0.2, -0.15) is 0 Å². The second-order valence-corrected chi connectivity index (χ2v) is 14.4. The van der Waals surface area contributed by atoms with Gasteiger partial charge in [0.2, 0.25) is 11.8 Å². The van der Waals surface area contributed by atoms with E-state index in [1.165, 1.54) is 12.1 Å². The molecule has 3 fully saturated rings. The van der Waals surface area contributed by atoms with E-state index in [-0.39, 0.29) is 35.8 Å². The van der Waals surface area contributed by atoms with Crippen molar-refractivity contribution >= 4 is 58.0 Å². The molecular formula is C38H35FN6O7. The van der Waals surface area contributed by atoms with Crippen LogP contribution in [0.1, 0.15) is 85.7 Å². The molecule has 1 aromatic heterocycles. The summed E-state index contributed by atoms with van der Waals surface area (Å²) < 4.78 is 20.5. The topological polar surface area (TPSA) is 161 Å². The number of morpholine rings is 1. The molecule has 3 aromatic rings. The molecule has 14 heteroatoms. The van der Waals surface area contributed by atoms with Crippen LogP contribution in [0.5, 0.6) is 0 Å². The summed E-state index contributed by atoms with van der Waals surface area (Å²) in [5.74, 6) is -2.94. The third-order valence-electron chi connectivity index (χ3n) is 11.5. The van der Waals surface area contributed by atoms with Gasteiger partial charge < -0.3 is 24.8 Å². The normalized spacial score (nSPS) is 23.6. The van der Waals surface area contributed by atoms with Crippen LogP contribution in [0.15, 0.2) is 36.4 Å². The number of piperidine rings is 2. The van der Waals surface area contributed by atoms with Crippen LogP contribution < -0.4 is 15.5 Å². The molecule has 0 radical (unpaired) electrons. The molecule has 6 aliphatic rings. The zero-order chi connectivity index (χ0) is 36.1. The Bertz CT molecular complexity index is 2200. The van der Waals surface area contributed by atoms with Crippen LogP contribution in [0.25, 0.3) is 11.1 Å². The number of anilines is 2. The van der Waals surface area contributed by atoms with E-state index in [9.17, 15) is 33.2 Å². The fourth-order valence-corrected chi connectivity index (χ4v) is 8.84. The maximum absolute atomic E-state index is 14.2. The van der Waals surface area contributed by atoms with Gasteiger partial charge in [0, 0.05) is 60.9 Å². The Morgan fingerprint density at radius 1 is 0.904 bits per heavy atom. The minimum Gasteiger partial charge on any atom is -0.371 e. The number of halogens is 1. The quantitative estimate of drug-likeness (QED) is 0.277. The van der Waals surface area contributed by atoms with Crippen molar-refractivity contribution in [1.82, 2.24) is 20.1 Å². The van der Waals surface area contributed by atoms with Gasteiger partial charge in [0.05, 0.1) is 34.5 Å². The molecule has 13 nitrogen and oxygen atoms in total. The zero-order valence-corrected chi connectivity index (χ0v) is 28.4. The van der Waals surface area contributed by atoms with Gasteiger partial charge in [-0.1, -0.05) is 0 Å². The van der Waals surface area contributed by atoms with E-state index >= 15 is 0 Å². The largest absolute Gasteiger partial charge is 0.371 e. The fraction of sp³-hybridized carbons (Fsp3) is 0.368. The molecule has 1 atom stereocenters. The molecule has 5 aliphatic heterocycles. The molecular weight excluding hydrogens is 671 g/mol. The minimum atomic E-state index is -1.03. The van der Waals surface area contributed by atoms with E-state index in [0.29, 0.717) is 80.9 Å². The summed E-state index contributed by atoms with van der Waals surface area (Å²) in [7, 11) is 0. The average Bonchev–Trinajstić information content (AvgIpc) is 3.83. The van der Waals surface area contributed by atoms with E-state index < -0.39 is 41.1 Å². The number of hydrogen-bond donors (Lipinski definition) is 3. The molecule has 52 heavy (non-hydrogen) atoms. The third-order valence-corrected chi connectivity index (χ3v) is 11.5. The Labute approximate surface area is 297 Å². The fourth-order valence-electron chi connectivity index (χ4n) is 8.84. The number of aryl methyl sites for hydroxylation is 1. The molecule has 1 spiro atoms. The van der Waals surface area contributed by atoms with Crippen molar-refractivity contribution in [2.24, 2.45) is 0 Å². The van der Waals surface area contributed by atoms with Gasteiger partial charge in [-0.15, -0.1) is 0 Å². The number of aromatic nitrogens is 1. The van der Waals surface area contributed by atoms with Crippen LogP contribution in [0, 0.1) is 12.7 Å². The highest BCUT2D eigenvalue weighted by Gasteiger charge is 2.46. The summed E-state index contributed by atoms with van der Waals surface area (Å²) in [6.45, 7) is 4.38. The summed E-state index contributed by atoms with van der Waals surface area (Å²) in [6, 6.07) is 8.35. The van der Waals surface area contributed by atoms with Gasteiger partial charge in [-0.05, 0) is 86.6 Å². The molecule has 1 unspecified atom stereocenters. The molecule has 0 bridgehead atoms. The van der Waals surface area contributed by atoms with Crippen molar-refractivity contribution in [2.45, 2.75) is 57.1 Å². The highest BCUT2D eigenvalue weighted by atomic mass is 19.1. The van der Waals surface area contributed by atoms with Gasteiger partial charge in [0.25, 0.3) is 23.6 Å². The number of allylic oxidation sites excluding steroid dienone is 1. The molecule has 6 heterocycles. The van der Waals surface area contributed by atoms with Crippen LogP contribution in [-0.2, 0) is 25.5 Å². The van der Waals surface area contributed by atoms with Gasteiger partial charge in [0.15, 0.2) is 0 Å². The Balaban J connectivity index is 0.901. The van der Waals surface area contributed by atoms with E-state index in [0.717, 1.165) is 33.1 Å². The average molecular weight is 707 g/mol. The van der Waals surface area contributed by atoms with Gasteiger partial charge in [0.1, 0.15) is 11.9 Å². The number of imide groups is 2. The van der Waals surface area contributed by atoms with Crippen LogP contribution in [-0.4, -0.2) is 94.7 Å². The van der Waals surface area contributed by atoms with Crippen molar-refractivity contribution in [3.8, 4) is 0 Å². The minimum absolute atomic E-state index is 0.0544. The first-order chi connectivity index (χ1) is 25.0. The molecule has 9 rings (SSSR count). The number of likely N-dealkylation sites (tertiary alicyclic amines) is 1. The lowest BCUT2D eigenvalue weighted by Crippen LogP contribution is -2.57. The number of ether oxygens (including phenoxy) is 1. The zero-order valence-electron chi connectivity index (χ0n) is 28.4. The number of rotatable bonds is 3. The van der Waals surface area contributed by atoms with E-state index in [4.69, 9.17) is 4.74 Å². The number of amides is 6. The van der Waals surface area contributed by atoms with Crippen LogP contribution in [0.3, 0.4) is 0 Å². The van der Waals surface area contributed by atoms with E-state index in [1.807, 2.05) is 11.8 Å². The van der Waals surface area contributed by atoms with E-state index in [1.54, 1.807) is 24.3 Å². The Hall–Kier alpha value is -5.63. The molecule has 266 valence electrons. The number of nitrogens with zero attached hydrogens (tertiary/aromatic N) is 3. The number of aromatic amines is 1. The van der Waals surface area contributed by atoms with Crippen molar-refractivity contribution in [3.63, 3.8) is 0 Å². The molecule has 2 aromatic carbocycles. The molecule has 6 amide bonds. The van der Waals surface area contributed by atoms with Crippen molar-refractivity contribution < 1.29 is 37.9 Å². The lowest BCUT2D eigenvalue weighted by Gasteiger charge is -2.48. The number of carbonyl (C=O) groups excluding carboxylic acids is 6. The van der Waals surface area contributed by atoms with Gasteiger partial charge in [-0.3, -0.25) is 39.0 Å². The lowest BCUT2D eigenvalue weighted by atomic mass is 9.88. The number of carbonyl (C=O) groups is 6. The highest BCUT2D eigenvalue weighted by molar-refractivity contribution is 6.37. The first kappa shape index (κ1) is 32.3. The molecule has 3 saturated heterocycles. The van der Waals surface area contributed by atoms with Gasteiger partial charge >= 0.3 is 0 Å². The first-order valence-electron chi connectivity index (χ1n) is 17.6. The van der Waals surface area contributed by atoms with E-state index in [2.05, 4.69) is 20.5 Å². The standard InChI is InChI=1S/C38H35FN6O7/c1-19-30(23-5-6-24(32(23)40-19)31-26-16-20(39)2-7-27(26)41-34(31)48)37(51)43-12-10-38(11-13-43)18-44(14-15-52-38)21-3-4-22-25(17-21)36(50)45(35(22)49)28-8-9-29(46)42-33(28)47/h2-4,7,16-17,28,40H,5-6,8-15,18H2,1H3,(H,41,48)(H,42,46,47). The van der Waals surface area contributed by atoms with Crippen molar-refractivity contribution in [3.05, 3.63) is 81.4 Å². The van der Waals surface area contributed by atoms with Gasteiger partial charge in [-0.25, -0.2) is 4.39 Å². The molecule has 0 saturated carbocycles. The number of benzene rings is 2. The summed E-state index contributed by atoms with van der Waals surface area (Å²) in [5.41, 5.74) is 6.02. The third kappa shape index (κ3) is 4.91. The summed E-state index contributed by atoms with van der Waals surface area (Å²) in [5, 5.41) is 5.05. The van der Waals surface area contributed by atoms with Crippen LogP contribution in [0.4, 0.5) is 15.8 Å². The number of H-pyrrole nitrogens is 1. The highest BCUT2D eigenvalue weighted by Crippen LogP contribution is 2.45. The lowest BCUT2D eigenvalue weighted by molar-refractivity contribution is -0.136. The SMILES string of the molecule is Cc1[nH]c2c(c1C(=O)N1CCC3(CC1)CN(c1ccc4c(c1)C(=O)N(C1CCC(=O)NC1=O)C4=O)CCO3)CCC2=C1C(=O)Nc2ccc(F)cc21. The maximum atomic E-state index is 14.2. The Morgan fingerprint density at radius 2 is 1.69 bits per heavy atom. The second-order valence-electron chi connectivity index (χ2n) is 14.4. The second kappa shape index (κ2) is 11.7. The summed E-state index contributed by atoms with van der Waals surface area (Å²) in [4.78, 5) is 86.2. The molecule has 1 aliphatic carbocycles. The first-order valence-corrected chi connectivity index (χ1v) is 17.6. The number of fused-ring (bicyclic) bond motifs is 3. The summed E-state index contributed by atoms with van der Waals surface area (Å²) in [6.07, 6.45) is 2.50.